The van der Waals surface area contributed by atoms with Crippen molar-refractivity contribution >= 4 is 45.0 Å². The first-order valence-electron chi connectivity index (χ1n) is 9.56. The lowest BCUT2D eigenvalue weighted by atomic mass is 10.00. The van der Waals surface area contributed by atoms with E-state index < -0.39 is 5.91 Å². The third kappa shape index (κ3) is 2.89. The van der Waals surface area contributed by atoms with E-state index in [1.807, 2.05) is 12.1 Å². The zero-order chi connectivity index (χ0) is 20.8. The van der Waals surface area contributed by atoms with Crippen LogP contribution in [0.2, 0.25) is 5.02 Å². The molecule has 0 saturated carbocycles. The van der Waals surface area contributed by atoms with Gasteiger partial charge in [0.2, 0.25) is 0 Å². The number of pyridine rings is 1. The van der Waals surface area contributed by atoms with Gasteiger partial charge in [-0.15, -0.1) is 0 Å². The number of carbonyl (C=O) groups excluding carboxylic acids is 1. The summed E-state index contributed by atoms with van der Waals surface area (Å²) in [7, 11) is 0. The molecule has 152 valence electrons. The summed E-state index contributed by atoms with van der Waals surface area (Å²) in [4.78, 5) is 21.6. The molecule has 3 N–H and O–H groups in total. The van der Waals surface area contributed by atoms with Crippen LogP contribution in [0.4, 0.5) is 10.1 Å². The molecule has 1 fully saturated rings. The fraction of sp³-hybridized carbons (Fsp3) is 0.182. The standard InChI is InChI=1S/C22H18ClFN4O2/c23-18-16(28-7-9-30-10-8-28)6-5-13-17-14(12-3-1-2-4-15(12)24)11-26-21(22(25)29)20(17)27-19(13)18/h1-6,11,27H,7-10H2,(H2,25,29). The van der Waals surface area contributed by atoms with Crippen LogP contribution in [0.15, 0.2) is 42.6 Å². The van der Waals surface area contributed by atoms with Gasteiger partial charge in [0, 0.05) is 41.2 Å². The highest BCUT2D eigenvalue weighted by Gasteiger charge is 2.23. The monoisotopic (exact) mass is 424 g/mol. The Morgan fingerprint density at radius 3 is 2.63 bits per heavy atom. The lowest BCUT2D eigenvalue weighted by molar-refractivity contribution is 0.0997. The number of morpholine rings is 1. The molecular formula is C22H18ClFN4O2. The molecule has 0 unspecified atom stereocenters. The van der Waals surface area contributed by atoms with E-state index in [0.717, 1.165) is 24.2 Å². The first-order valence-corrected chi connectivity index (χ1v) is 9.94. The van der Waals surface area contributed by atoms with Crippen LogP contribution in [0.1, 0.15) is 10.5 Å². The van der Waals surface area contributed by atoms with E-state index in [4.69, 9.17) is 22.1 Å². The smallest absolute Gasteiger partial charge is 0.269 e. The van der Waals surface area contributed by atoms with Gasteiger partial charge in [0.15, 0.2) is 5.69 Å². The number of nitrogens with zero attached hydrogens (tertiary/aromatic N) is 2. The van der Waals surface area contributed by atoms with E-state index in [9.17, 15) is 9.18 Å². The molecule has 0 bridgehead atoms. The van der Waals surface area contributed by atoms with Gasteiger partial charge in [0.05, 0.1) is 35.0 Å². The predicted molar refractivity (Wildman–Crippen MR) is 116 cm³/mol. The number of rotatable bonds is 3. The maximum absolute atomic E-state index is 14.6. The Balaban J connectivity index is 1.82. The number of anilines is 1. The summed E-state index contributed by atoms with van der Waals surface area (Å²) in [6, 6.07) is 10.3. The Morgan fingerprint density at radius 2 is 1.90 bits per heavy atom. The summed E-state index contributed by atoms with van der Waals surface area (Å²) in [6.45, 7) is 2.74. The van der Waals surface area contributed by atoms with Crippen LogP contribution in [-0.4, -0.2) is 42.2 Å². The first-order chi connectivity index (χ1) is 14.6. The number of ether oxygens (including phenoxy) is 1. The van der Waals surface area contributed by atoms with Crippen molar-refractivity contribution < 1.29 is 13.9 Å². The summed E-state index contributed by atoms with van der Waals surface area (Å²) in [5.74, 6) is -1.05. The summed E-state index contributed by atoms with van der Waals surface area (Å²) in [6.07, 6.45) is 1.48. The second-order valence-electron chi connectivity index (χ2n) is 7.16. The highest BCUT2D eigenvalue weighted by Crippen LogP contribution is 2.41. The predicted octanol–water partition coefficient (Wildman–Crippen LogP) is 4.11. The van der Waals surface area contributed by atoms with Gasteiger partial charge in [-0.3, -0.25) is 4.79 Å². The maximum Gasteiger partial charge on any atom is 0.269 e. The molecule has 4 aromatic rings. The summed E-state index contributed by atoms with van der Waals surface area (Å²) in [5, 5.41) is 1.96. The molecule has 8 heteroatoms. The zero-order valence-electron chi connectivity index (χ0n) is 15.9. The molecule has 2 aromatic carbocycles. The van der Waals surface area contributed by atoms with Gasteiger partial charge in [0.1, 0.15) is 5.82 Å². The normalized spacial score (nSPS) is 14.5. The molecule has 2 aromatic heterocycles. The van der Waals surface area contributed by atoms with Crippen molar-refractivity contribution in [1.29, 1.82) is 0 Å². The lowest BCUT2D eigenvalue weighted by Gasteiger charge is -2.29. The Bertz CT molecular complexity index is 1300. The van der Waals surface area contributed by atoms with Gasteiger partial charge < -0.3 is 20.4 Å². The largest absolute Gasteiger partial charge is 0.378 e. The van der Waals surface area contributed by atoms with Crippen LogP contribution in [0.5, 0.6) is 0 Å². The Morgan fingerprint density at radius 1 is 1.13 bits per heavy atom. The first kappa shape index (κ1) is 18.8. The van der Waals surface area contributed by atoms with Crippen molar-refractivity contribution in [3.8, 4) is 11.1 Å². The minimum Gasteiger partial charge on any atom is -0.378 e. The third-order valence-electron chi connectivity index (χ3n) is 5.47. The number of fused-ring (bicyclic) bond motifs is 3. The number of primary amides is 1. The Hall–Kier alpha value is -3.16. The fourth-order valence-corrected chi connectivity index (χ4v) is 4.38. The second-order valence-corrected chi connectivity index (χ2v) is 7.54. The number of amides is 1. The minimum absolute atomic E-state index is 0.0882. The number of benzene rings is 2. The van der Waals surface area contributed by atoms with E-state index in [0.29, 0.717) is 45.8 Å². The summed E-state index contributed by atoms with van der Waals surface area (Å²) >= 11 is 6.78. The number of halogens is 2. The molecular weight excluding hydrogens is 407 g/mol. The van der Waals surface area contributed by atoms with Crippen molar-refractivity contribution in [2.75, 3.05) is 31.2 Å². The van der Waals surface area contributed by atoms with E-state index >= 15 is 0 Å². The van der Waals surface area contributed by atoms with Crippen LogP contribution < -0.4 is 10.6 Å². The van der Waals surface area contributed by atoms with Crippen molar-refractivity contribution in [2.45, 2.75) is 0 Å². The summed E-state index contributed by atoms with van der Waals surface area (Å²) < 4.78 is 20.0. The molecule has 30 heavy (non-hydrogen) atoms. The van der Waals surface area contributed by atoms with E-state index in [1.165, 1.54) is 12.3 Å². The van der Waals surface area contributed by atoms with Gasteiger partial charge >= 0.3 is 0 Å². The number of hydrogen-bond donors (Lipinski definition) is 2. The topological polar surface area (TPSA) is 84.2 Å². The van der Waals surface area contributed by atoms with E-state index in [1.54, 1.807) is 18.2 Å². The molecule has 1 amide bonds. The lowest BCUT2D eigenvalue weighted by Crippen LogP contribution is -2.36. The molecule has 5 rings (SSSR count). The molecule has 0 atom stereocenters. The number of carbonyl (C=O) groups is 1. The van der Waals surface area contributed by atoms with Gasteiger partial charge in [0.25, 0.3) is 5.91 Å². The number of aromatic amines is 1. The maximum atomic E-state index is 14.6. The molecule has 3 heterocycles. The Kier molecular flexibility index (Phi) is 4.56. The summed E-state index contributed by atoms with van der Waals surface area (Å²) in [5.41, 5.74) is 8.57. The third-order valence-corrected chi connectivity index (χ3v) is 5.85. The quantitative estimate of drug-likeness (QED) is 0.518. The SMILES string of the molecule is NC(=O)c1ncc(-c2ccccc2F)c2c1[nH]c1c(Cl)c(N3CCOCC3)ccc12. The highest BCUT2D eigenvalue weighted by molar-refractivity contribution is 6.39. The van der Waals surface area contributed by atoms with Crippen molar-refractivity contribution in [3.05, 3.63) is 59.1 Å². The van der Waals surface area contributed by atoms with Crippen molar-refractivity contribution in [3.63, 3.8) is 0 Å². The van der Waals surface area contributed by atoms with Crippen LogP contribution in [-0.2, 0) is 4.74 Å². The number of H-pyrrole nitrogens is 1. The number of nitrogens with two attached hydrogens (primary N) is 1. The van der Waals surface area contributed by atoms with Crippen LogP contribution in [0.25, 0.3) is 32.9 Å². The van der Waals surface area contributed by atoms with Gasteiger partial charge in [-0.05, 0) is 12.1 Å². The highest BCUT2D eigenvalue weighted by atomic mass is 35.5. The number of nitrogens with one attached hydrogen (secondary N) is 1. The van der Waals surface area contributed by atoms with Crippen LogP contribution in [0.3, 0.4) is 0 Å². The van der Waals surface area contributed by atoms with Crippen LogP contribution in [0, 0.1) is 5.82 Å². The number of hydrogen-bond acceptors (Lipinski definition) is 4. The van der Waals surface area contributed by atoms with Gasteiger partial charge in [-0.2, -0.15) is 0 Å². The van der Waals surface area contributed by atoms with E-state index in [-0.39, 0.29) is 11.5 Å². The van der Waals surface area contributed by atoms with E-state index in [2.05, 4.69) is 14.9 Å². The number of aromatic nitrogens is 2. The van der Waals surface area contributed by atoms with Crippen molar-refractivity contribution in [1.82, 2.24) is 9.97 Å². The molecule has 1 saturated heterocycles. The zero-order valence-corrected chi connectivity index (χ0v) is 16.7. The Labute approximate surface area is 176 Å². The van der Waals surface area contributed by atoms with Gasteiger partial charge in [-0.25, -0.2) is 9.37 Å². The molecule has 1 aliphatic rings. The molecule has 0 radical (unpaired) electrons. The second kappa shape index (κ2) is 7.27. The molecule has 1 aliphatic heterocycles. The molecule has 0 spiro atoms. The van der Waals surface area contributed by atoms with Crippen molar-refractivity contribution in [2.24, 2.45) is 5.73 Å². The minimum atomic E-state index is -0.670. The molecule has 6 nitrogen and oxygen atoms in total. The average molecular weight is 425 g/mol. The molecule has 0 aliphatic carbocycles. The van der Waals surface area contributed by atoms with Gasteiger partial charge in [-0.1, -0.05) is 35.9 Å². The van der Waals surface area contributed by atoms with Crippen LogP contribution >= 0.6 is 11.6 Å². The average Bonchev–Trinajstić information content (AvgIpc) is 3.15. The fourth-order valence-electron chi connectivity index (χ4n) is 4.05.